The average molecular weight is 292 g/mol. The molecule has 1 amide bonds. The van der Waals surface area contributed by atoms with E-state index >= 15 is 0 Å². The van der Waals surface area contributed by atoms with Crippen LogP contribution in [0.3, 0.4) is 0 Å². The van der Waals surface area contributed by atoms with Crippen LogP contribution in [0.5, 0.6) is 0 Å². The van der Waals surface area contributed by atoms with Gasteiger partial charge in [0.2, 0.25) is 5.91 Å². The van der Waals surface area contributed by atoms with Crippen molar-refractivity contribution in [1.82, 2.24) is 15.2 Å². The van der Waals surface area contributed by atoms with E-state index in [0.29, 0.717) is 31.1 Å². The second-order valence-corrected chi connectivity index (χ2v) is 4.60. The van der Waals surface area contributed by atoms with Crippen molar-refractivity contribution >= 4 is 17.7 Å². The van der Waals surface area contributed by atoms with Gasteiger partial charge in [-0.1, -0.05) is 0 Å². The maximum Gasteiger partial charge on any atom is 0.341 e. The van der Waals surface area contributed by atoms with Crippen LogP contribution in [0.15, 0.2) is 18.3 Å². The summed E-state index contributed by atoms with van der Waals surface area (Å²) in [6, 6.07) is 3.29. The van der Waals surface area contributed by atoms with Gasteiger partial charge in [-0.25, -0.2) is 9.78 Å². The van der Waals surface area contributed by atoms with E-state index < -0.39 is 5.97 Å². The Labute approximate surface area is 123 Å². The summed E-state index contributed by atoms with van der Waals surface area (Å²) in [5.41, 5.74) is 0.340. The molecular weight excluding hydrogens is 272 g/mol. The molecule has 2 heterocycles. The molecule has 0 atom stereocenters. The molecule has 0 unspecified atom stereocenters. The van der Waals surface area contributed by atoms with Crippen molar-refractivity contribution in [1.29, 1.82) is 0 Å². The maximum absolute atomic E-state index is 12.1. The molecule has 1 aromatic rings. The maximum atomic E-state index is 12.1. The number of anilines is 1. The zero-order valence-electron chi connectivity index (χ0n) is 12.1. The van der Waals surface area contributed by atoms with Crippen LogP contribution in [0.25, 0.3) is 0 Å². The summed E-state index contributed by atoms with van der Waals surface area (Å²) in [6.07, 6.45) is 1.57. The summed E-state index contributed by atoms with van der Waals surface area (Å²) in [4.78, 5) is 29.8. The Kier molecular flexibility index (Phi) is 5.51. The Morgan fingerprint density at radius 3 is 2.90 bits per heavy atom. The van der Waals surface area contributed by atoms with Gasteiger partial charge in [-0.3, -0.25) is 4.79 Å². The number of esters is 1. The van der Waals surface area contributed by atoms with Gasteiger partial charge >= 0.3 is 5.97 Å². The van der Waals surface area contributed by atoms with Crippen molar-refractivity contribution in [2.75, 3.05) is 44.6 Å². The van der Waals surface area contributed by atoms with Gasteiger partial charge < -0.3 is 20.3 Å². The molecule has 0 saturated carbocycles. The van der Waals surface area contributed by atoms with Gasteiger partial charge in [0.1, 0.15) is 11.4 Å². The van der Waals surface area contributed by atoms with Crippen LogP contribution in [0, 0.1) is 0 Å². The first-order valence-electron chi connectivity index (χ1n) is 7.07. The lowest BCUT2D eigenvalue weighted by Crippen LogP contribution is -2.48. The summed E-state index contributed by atoms with van der Waals surface area (Å²) >= 11 is 0. The van der Waals surface area contributed by atoms with Crippen molar-refractivity contribution < 1.29 is 14.3 Å². The first-order valence-corrected chi connectivity index (χ1v) is 7.07. The topological polar surface area (TPSA) is 83.6 Å². The van der Waals surface area contributed by atoms with E-state index in [9.17, 15) is 9.59 Å². The van der Waals surface area contributed by atoms with Gasteiger partial charge in [0.05, 0.1) is 13.2 Å². The highest BCUT2D eigenvalue weighted by atomic mass is 16.5. The molecule has 7 heteroatoms. The molecule has 1 aliphatic heterocycles. The molecule has 7 nitrogen and oxygen atoms in total. The van der Waals surface area contributed by atoms with Crippen LogP contribution in [0.2, 0.25) is 0 Å². The molecule has 0 spiro atoms. The quantitative estimate of drug-likeness (QED) is 0.749. The molecular formula is C14H20N4O3. The standard InChI is InChI=1S/C14H20N4O3/c1-2-21-14(20)11-4-3-5-16-13(11)17-10-12(19)18-8-6-15-7-9-18/h3-5,15H,2,6-10H2,1H3,(H,16,17). The van der Waals surface area contributed by atoms with Crippen LogP contribution < -0.4 is 10.6 Å². The minimum atomic E-state index is -0.442. The highest BCUT2D eigenvalue weighted by molar-refractivity contribution is 5.95. The van der Waals surface area contributed by atoms with E-state index in [1.807, 2.05) is 0 Å². The summed E-state index contributed by atoms with van der Waals surface area (Å²) in [5, 5.41) is 6.12. The lowest BCUT2D eigenvalue weighted by atomic mass is 10.2. The average Bonchev–Trinajstić information content (AvgIpc) is 2.54. The fourth-order valence-electron chi connectivity index (χ4n) is 2.11. The molecule has 1 saturated heterocycles. The van der Waals surface area contributed by atoms with E-state index in [0.717, 1.165) is 13.1 Å². The van der Waals surface area contributed by atoms with E-state index in [-0.39, 0.29) is 12.5 Å². The minimum absolute atomic E-state index is 0.00281. The van der Waals surface area contributed by atoms with Gasteiger partial charge in [0.25, 0.3) is 0 Å². The van der Waals surface area contributed by atoms with Crippen molar-refractivity contribution in [2.24, 2.45) is 0 Å². The molecule has 0 aromatic carbocycles. The Morgan fingerprint density at radius 2 is 2.19 bits per heavy atom. The van der Waals surface area contributed by atoms with Crippen molar-refractivity contribution in [3.05, 3.63) is 23.9 Å². The minimum Gasteiger partial charge on any atom is -0.462 e. The van der Waals surface area contributed by atoms with Crippen LogP contribution in [-0.4, -0.2) is 61.1 Å². The van der Waals surface area contributed by atoms with Gasteiger partial charge in [0.15, 0.2) is 0 Å². The largest absolute Gasteiger partial charge is 0.462 e. The molecule has 2 N–H and O–H groups in total. The molecule has 1 fully saturated rings. The van der Waals surface area contributed by atoms with E-state index in [1.54, 1.807) is 30.2 Å². The van der Waals surface area contributed by atoms with Crippen LogP contribution in [0.1, 0.15) is 17.3 Å². The van der Waals surface area contributed by atoms with Crippen LogP contribution in [0.4, 0.5) is 5.82 Å². The first kappa shape index (κ1) is 15.2. The lowest BCUT2D eigenvalue weighted by molar-refractivity contribution is -0.129. The molecule has 1 aromatic heterocycles. The van der Waals surface area contributed by atoms with Crippen molar-refractivity contribution in [3.63, 3.8) is 0 Å². The second-order valence-electron chi connectivity index (χ2n) is 4.60. The number of carbonyl (C=O) groups is 2. The normalized spacial score (nSPS) is 14.6. The predicted molar refractivity (Wildman–Crippen MR) is 78.1 cm³/mol. The zero-order chi connectivity index (χ0) is 15.1. The van der Waals surface area contributed by atoms with Gasteiger partial charge in [-0.05, 0) is 19.1 Å². The number of piperazine rings is 1. The third kappa shape index (κ3) is 4.16. The Morgan fingerprint density at radius 1 is 1.43 bits per heavy atom. The summed E-state index contributed by atoms with van der Waals surface area (Å²) in [7, 11) is 0. The highest BCUT2D eigenvalue weighted by Crippen LogP contribution is 2.12. The van der Waals surface area contributed by atoms with E-state index in [2.05, 4.69) is 15.6 Å². The van der Waals surface area contributed by atoms with Crippen LogP contribution >= 0.6 is 0 Å². The summed E-state index contributed by atoms with van der Waals surface area (Å²) in [5.74, 6) is -0.0703. The lowest BCUT2D eigenvalue weighted by Gasteiger charge is -2.27. The molecule has 0 bridgehead atoms. The van der Waals surface area contributed by atoms with Crippen LogP contribution in [-0.2, 0) is 9.53 Å². The van der Waals surface area contributed by atoms with Gasteiger partial charge in [0, 0.05) is 32.4 Å². The number of carbonyl (C=O) groups excluding carboxylic acids is 2. The molecule has 2 rings (SSSR count). The monoisotopic (exact) mass is 292 g/mol. The number of pyridine rings is 1. The number of amides is 1. The van der Waals surface area contributed by atoms with E-state index in [1.165, 1.54) is 0 Å². The number of rotatable bonds is 5. The molecule has 0 aliphatic carbocycles. The number of aromatic nitrogens is 1. The van der Waals surface area contributed by atoms with Gasteiger partial charge in [-0.2, -0.15) is 0 Å². The Hall–Kier alpha value is -2.15. The van der Waals surface area contributed by atoms with E-state index in [4.69, 9.17) is 4.74 Å². The SMILES string of the molecule is CCOC(=O)c1cccnc1NCC(=O)N1CCNCC1. The fraction of sp³-hybridized carbons (Fsp3) is 0.500. The second kappa shape index (κ2) is 7.58. The Balaban J connectivity index is 1.96. The molecule has 0 radical (unpaired) electrons. The first-order chi connectivity index (χ1) is 10.2. The number of hydrogen-bond acceptors (Lipinski definition) is 6. The highest BCUT2D eigenvalue weighted by Gasteiger charge is 2.18. The van der Waals surface area contributed by atoms with Gasteiger partial charge in [-0.15, -0.1) is 0 Å². The molecule has 1 aliphatic rings. The number of hydrogen-bond donors (Lipinski definition) is 2. The molecule has 114 valence electrons. The predicted octanol–water partition coefficient (Wildman–Crippen LogP) is 0.102. The summed E-state index contributed by atoms with van der Waals surface area (Å²) < 4.78 is 4.97. The smallest absolute Gasteiger partial charge is 0.341 e. The molecule has 21 heavy (non-hydrogen) atoms. The number of nitrogens with zero attached hydrogens (tertiary/aromatic N) is 2. The Bertz CT molecular complexity index is 501. The number of ether oxygens (including phenoxy) is 1. The third-order valence-corrected chi connectivity index (χ3v) is 3.18. The van der Waals surface area contributed by atoms with Crippen molar-refractivity contribution in [3.8, 4) is 0 Å². The number of nitrogens with one attached hydrogen (secondary N) is 2. The van der Waals surface area contributed by atoms with Crippen molar-refractivity contribution in [2.45, 2.75) is 6.92 Å². The summed E-state index contributed by atoms with van der Waals surface area (Å²) in [6.45, 7) is 5.18. The third-order valence-electron chi connectivity index (χ3n) is 3.18. The zero-order valence-corrected chi connectivity index (χ0v) is 12.1. The fourth-order valence-corrected chi connectivity index (χ4v) is 2.11.